The molecule has 0 N–H and O–H groups in total. The van der Waals surface area contributed by atoms with E-state index in [0.717, 1.165) is 5.56 Å². The van der Waals surface area contributed by atoms with Gasteiger partial charge in [-0.25, -0.2) is 0 Å². The Balaban J connectivity index is 1.84. The van der Waals surface area contributed by atoms with Crippen LogP contribution in [0.25, 0.3) is 11.4 Å². The molecule has 0 bridgehead atoms. The molecule has 0 aliphatic rings. The summed E-state index contributed by atoms with van der Waals surface area (Å²) in [5.74, 6) is 1.09. The molecule has 0 aliphatic carbocycles. The van der Waals surface area contributed by atoms with Crippen molar-refractivity contribution in [2.45, 2.75) is 10.9 Å². The van der Waals surface area contributed by atoms with Gasteiger partial charge in [0.25, 0.3) is 5.69 Å². The fourth-order valence-corrected chi connectivity index (χ4v) is 3.91. The highest BCUT2D eigenvalue weighted by molar-refractivity contribution is 7.98. The molecule has 6 nitrogen and oxygen atoms in total. The van der Waals surface area contributed by atoms with Crippen molar-refractivity contribution in [1.82, 2.24) is 14.8 Å². The van der Waals surface area contributed by atoms with Crippen molar-refractivity contribution in [2.24, 2.45) is 7.05 Å². The van der Waals surface area contributed by atoms with Gasteiger partial charge in [-0.05, 0) is 17.7 Å². The number of rotatable bonds is 5. The van der Waals surface area contributed by atoms with Crippen molar-refractivity contribution < 1.29 is 4.92 Å². The minimum Gasteiger partial charge on any atom is -0.305 e. The Labute approximate surface area is 157 Å². The largest absolute Gasteiger partial charge is 0.305 e. The first-order valence-corrected chi connectivity index (χ1v) is 8.91. The summed E-state index contributed by atoms with van der Waals surface area (Å²) in [6.07, 6.45) is 0. The van der Waals surface area contributed by atoms with Gasteiger partial charge in [0.1, 0.15) is 0 Å². The molecule has 128 valence electrons. The second kappa shape index (κ2) is 7.43. The summed E-state index contributed by atoms with van der Waals surface area (Å²) in [6.45, 7) is 0. The molecule has 1 heterocycles. The molecular formula is C16H12Cl2N4O2S. The van der Waals surface area contributed by atoms with Crippen molar-refractivity contribution >= 4 is 40.7 Å². The highest BCUT2D eigenvalue weighted by atomic mass is 35.5. The summed E-state index contributed by atoms with van der Waals surface area (Å²) in [5, 5.41) is 21.1. The van der Waals surface area contributed by atoms with Gasteiger partial charge in [0.15, 0.2) is 11.0 Å². The van der Waals surface area contributed by atoms with Crippen LogP contribution in [0, 0.1) is 10.1 Å². The molecule has 0 spiro atoms. The summed E-state index contributed by atoms with van der Waals surface area (Å²) in [5.41, 5.74) is 1.47. The molecule has 0 atom stereocenters. The van der Waals surface area contributed by atoms with E-state index in [0.29, 0.717) is 32.3 Å². The predicted molar refractivity (Wildman–Crippen MR) is 99.1 cm³/mol. The van der Waals surface area contributed by atoms with Crippen molar-refractivity contribution in [1.29, 1.82) is 0 Å². The fourth-order valence-electron chi connectivity index (χ4n) is 2.26. The van der Waals surface area contributed by atoms with Crippen molar-refractivity contribution in [3.63, 3.8) is 0 Å². The smallest absolute Gasteiger partial charge is 0.270 e. The van der Waals surface area contributed by atoms with Crippen LogP contribution in [0.5, 0.6) is 0 Å². The van der Waals surface area contributed by atoms with Gasteiger partial charge in [0.2, 0.25) is 0 Å². The summed E-state index contributed by atoms with van der Waals surface area (Å²) < 4.78 is 1.79. The summed E-state index contributed by atoms with van der Waals surface area (Å²) in [7, 11) is 1.81. The van der Waals surface area contributed by atoms with E-state index in [1.165, 1.54) is 23.9 Å². The van der Waals surface area contributed by atoms with Crippen LogP contribution in [0.15, 0.2) is 47.6 Å². The molecule has 3 aromatic rings. The molecular weight excluding hydrogens is 383 g/mol. The maximum atomic E-state index is 10.9. The Kier molecular flexibility index (Phi) is 5.27. The highest BCUT2D eigenvalue weighted by Gasteiger charge is 2.15. The van der Waals surface area contributed by atoms with E-state index >= 15 is 0 Å². The quantitative estimate of drug-likeness (QED) is 0.346. The van der Waals surface area contributed by atoms with Crippen LogP contribution in [0.3, 0.4) is 0 Å². The number of halogens is 2. The SMILES string of the molecule is Cn1c(SCc2c(Cl)cccc2Cl)nnc1-c1cccc([N+](=O)[O-])c1. The Bertz CT molecular complexity index is 925. The molecule has 0 unspecified atom stereocenters. The van der Waals surface area contributed by atoms with Crippen LogP contribution < -0.4 is 0 Å². The zero-order valence-electron chi connectivity index (χ0n) is 13.0. The Morgan fingerprint density at radius 2 is 1.84 bits per heavy atom. The molecule has 0 aliphatic heterocycles. The molecule has 2 aromatic carbocycles. The minimum absolute atomic E-state index is 0.0116. The topological polar surface area (TPSA) is 73.8 Å². The maximum Gasteiger partial charge on any atom is 0.270 e. The standard InChI is InChI=1S/C16H12Cl2N4O2S/c1-21-15(10-4-2-5-11(8-10)22(23)24)19-20-16(21)25-9-12-13(17)6-3-7-14(12)18/h2-8H,9H2,1H3. The number of hydrogen-bond donors (Lipinski definition) is 0. The van der Waals surface area contributed by atoms with Gasteiger partial charge in [0.05, 0.1) is 4.92 Å². The predicted octanol–water partition coefficient (Wildman–Crippen LogP) is 4.99. The van der Waals surface area contributed by atoms with Crippen LogP contribution >= 0.6 is 35.0 Å². The monoisotopic (exact) mass is 394 g/mol. The van der Waals surface area contributed by atoms with Crippen LogP contribution in [0.2, 0.25) is 10.0 Å². The van der Waals surface area contributed by atoms with E-state index in [1.807, 2.05) is 7.05 Å². The lowest BCUT2D eigenvalue weighted by Crippen LogP contribution is -1.96. The third kappa shape index (κ3) is 3.78. The lowest BCUT2D eigenvalue weighted by atomic mass is 10.2. The van der Waals surface area contributed by atoms with E-state index in [-0.39, 0.29) is 5.69 Å². The molecule has 0 saturated heterocycles. The average Bonchev–Trinajstić information content (AvgIpc) is 2.95. The fraction of sp³-hybridized carbons (Fsp3) is 0.125. The first-order valence-electron chi connectivity index (χ1n) is 7.17. The van der Waals surface area contributed by atoms with Crippen LogP contribution in [0.4, 0.5) is 5.69 Å². The van der Waals surface area contributed by atoms with Gasteiger partial charge in [-0.2, -0.15) is 0 Å². The summed E-state index contributed by atoms with van der Waals surface area (Å²) in [4.78, 5) is 10.5. The normalized spacial score (nSPS) is 10.8. The number of nitrogens with zero attached hydrogens (tertiary/aromatic N) is 4. The number of nitro benzene ring substituents is 1. The van der Waals surface area contributed by atoms with Crippen LogP contribution in [-0.4, -0.2) is 19.7 Å². The summed E-state index contributed by atoms with van der Waals surface area (Å²) >= 11 is 13.8. The number of benzene rings is 2. The Morgan fingerprint density at radius 1 is 1.16 bits per heavy atom. The second-order valence-electron chi connectivity index (χ2n) is 5.16. The van der Waals surface area contributed by atoms with Crippen LogP contribution in [-0.2, 0) is 12.8 Å². The third-order valence-electron chi connectivity index (χ3n) is 3.56. The first kappa shape index (κ1) is 17.7. The minimum atomic E-state index is -0.436. The lowest BCUT2D eigenvalue weighted by Gasteiger charge is -2.07. The molecule has 0 saturated carbocycles. The molecule has 3 rings (SSSR count). The second-order valence-corrected chi connectivity index (χ2v) is 6.92. The molecule has 25 heavy (non-hydrogen) atoms. The molecule has 0 fully saturated rings. The zero-order chi connectivity index (χ0) is 18.0. The molecule has 0 amide bonds. The zero-order valence-corrected chi connectivity index (χ0v) is 15.3. The lowest BCUT2D eigenvalue weighted by molar-refractivity contribution is -0.384. The molecule has 0 radical (unpaired) electrons. The van der Waals surface area contributed by atoms with Gasteiger partial charge < -0.3 is 4.57 Å². The molecule has 1 aromatic heterocycles. The number of aromatic nitrogens is 3. The number of nitro groups is 1. The Hall–Kier alpha value is -2.09. The van der Waals surface area contributed by atoms with Crippen molar-refractivity contribution in [3.8, 4) is 11.4 Å². The van der Waals surface area contributed by atoms with Gasteiger partial charge in [-0.3, -0.25) is 10.1 Å². The van der Waals surface area contributed by atoms with Gasteiger partial charge in [-0.1, -0.05) is 53.2 Å². The third-order valence-corrected chi connectivity index (χ3v) is 5.31. The maximum absolute atomic E-state index is 10.9. The van der Waals surface area contributed by atoms with Gasteiger partial charge in [-0.15, -0.1) is 10.2 Å². The summed E-state index contributed by atoms with van der Waals surface area (Å²) in [6, 6.07) is 11.7. The van der Waals surface area contributed by atoms with E-state index in [1.54, 1.807) is 34.9 Å². The van der Waals surface area contributed by atoms with E-state index in [2.05, 4.69) is 10.2 Å². The van der Waals surface area contributed by atoms with Crippen LogP contribution in [0.1, 0.15) is 5.56 Å². The van der Waals surface area contributed by atoms with E-state index in [9.17, 15) is 10.1 Å². The number of hydrogen-bond acceptors (Lipinski definition) is 5. The van der Waals surface area contributed by atoms with Crippen molar-refractivity contribution in [2.75, 3.05) is 0 Å². The number of non-ortho nitro benzene ring substituents is 1. The van der Waals surface area contributed by atoms with E-state index in [4.69, 9.17) is 23.2 Å². The van der Waals surface area contributed by atoms with Crippen molar-refractivity contribution in [3.05, 3.63) is 68.2 Å². The highest BCUT2D eigenvalue weighted by Crippen LogP contribution is 2.32. The Morgan fingerprint density at radius 3 is 2.52 bits per heavy atom. The van der Waals surface area contributed by atoms with Gasteiger partial charge >= 0.3 is 0 Å². The first-order chi connectivity index (χ1) is 12.0. The molecule has 9 heteroatoms. The average molecular weight is 395 g/mol. The number of thioether (sulfide) groups is 1. The van der Waals surface area contributed by atoms with E-state index < -0.39 is 4.92 Å². The van der Waals surface area contributed by atoms with Gasteiger partial charge in [0, 0.05) is 40.5 Å².